The maximum Gasteiger partial charge on any atom is 0.303 e. The van der Waals surface area contributed by atoms with Crippen LogP contribution < -0.4 is 10.1 Å². The van der Waals surface area contributed by atoms with Crippen molar-refractivity contribution in [1.29, 1.82) is 0 Å². The second kappa shape index (κ2) is 6.22. The van der Waals surface area contributed by atoms with E-state index < -0.39 is 5.97 Å². The van der Waals surface area contributed by atoms with E-state index in [-0.39, 0.29) is 18.7 Å². The first kappa shape index (κ1) is 15.0. The van der Waals surface area contributed by atoms with Crippen molar-refractivity contribution in [1.82, 2.24) is 0 Å². The summed E-state index contributed by atoms with van der Waals surface area (Å²) in [6.45, 7) is 5.72. The van der Waals surface area contributed by atoms with Crippen LogP contribution in [0.3, 0.4) is 0 Å². The number of rotatable bonds is 5. The van der Waals surface area contributed by atoms with E-state index in [1.807, 2.05) is 26.8 Å². The number of hydrogen-bond acceptors (Lipinski definition) is 3. The molecule has 1 aromatic carbocycles. The third-order valence-corrected chi connectivity index (χ3v) is 3.07. The largest absolute Gasteiger partial charge is 0.496 e. The molecule has 0 aliphatic rings. The molecule has 0 atom stereocenters. The number of benzene rings is 1. The minimum atomic E-state index is -0.978. The van der Waals surface area contributed by atoms with Crippen molar-refractivity contribution in [2.24, 2.45) is 0 Å². The number of nitrogens with one attached hydrogen (secondary N) is 1. The molecule has 0 fully saturated rings. The lowest BCUT2D eigenvalue weighted by Crippen LogP contribution is -2.14. The predicted octanol–water partition coefficient (Wildman–Crippen LogP) is 2.42. The number of aliphatic carboxylic acids is 1. The fraction of sp³-hybridized carbons (Fsp3) is 0.429. The molecule has 0 saturated heterocycles. The zero-order valence-corrected chi connectivity index (χ0v) is 11.7. The van der Waals surface area contributed by atoms with Gasteiger partial charge in [-0.15, -0.1) is 0 Å². The fourth-order valence-electron chi connectivity index (χ4n) is 1.94. The Bertz CT molecular complexity index is 509. The van der Waals surface area contributed by atoms with E-state index in [0.29, 0.717) is 5.69 Å². The van der Waals surface area contributed by atoms with Crippen molar-refractivity contribution in [3.05, 3.63) is 22.8 Å². The van der Waals surface area contributed by atoms with Crippen LogP contribution in [0.25, 0.3) is 0 Å². The van der Waals surface area contributed by atoms with E-state index >= 15 is 0 Å². The van der Waals surface area contributed by atoms with Gasteiger partial charge in [-0.05, 0) is 43.5 Å². The zero-order chi connectivity index (χ0) is 14.6. The van der Waals surface area contributed by atoms with E-state index in [9.17, 15) is 9.59 Å². The monoisotopic (exact) mass is 265 g/mol. The van der Waals surface area contributed by atoms with Gasteiger partial charge >= 0.3 is 5.97 Å². The third kappa shape index (κ3) is 3.71. The topological polar surface area (TPSA) is 75.6 Å². The molecule has 19 heavy (non-hydrogen) atoms. The molecule has 0 unspecified atom stereocenters. The van der Waals surface area contributed by atoms with Crippen LogP contribution >= 0.6 is 0 Å². The van der Waals surface area contributed by atoms with Crippen molar-refractivity contribution in [2.45, 2.75) is 33.6 Å². The summed E-state index contributed by atoms with van der Waals surface area (Å²) < 4.78 is 5.31. The van der Waals surface area contributed by atoms with Gasteiger partial charge in [-0.25, -0.2) is 0 Å². The Kier molecular flexibility index (Phi) is 4.92. The zero-order valence-electron chi connectivity index (χ0n) is 11.7. The van der Waals surface area contributed by atoms with Crippen LogP contribution in [0.4, 0.5) is 5.69 Å². The summed E-state index contributed by atoms with van der Waals surface area (Å²) in [6.07, 6.45) is -0.197. The number of carboxylic acid groups (broad SMARTS) is 1. The Morgan fingerprint density at radius 3 is 2.37 bits per heavy atom. The molecule has 1 aromatic rings. The van der Waals surface area contributed by atoms with E-state index in [0.717, 1.165) is 22.4 Å². The Labute approximate surface area is 112 Å². The first-order valence-corrected chi connectivity index (χ1v) is 6.03. The fourth-order valence-corrected chi connectivity index (χ4v) is 1.94. The smallest absolute Gasteiger partial charge is 0.303 e. The molecule has 0 radical (unpaired) electrons. The van der Waals surface area contributed by atoms with Crippen LogP contribution in [-0.4, -0.2) is 24.1 Å². The molecule has 1 rings (SSSR count). The van der Waals surface area contributed by atoms with Gasteiger partial charge in [0.05, 0.1) is 13.5 Å². The lowest BCUT2D eigenvalue weighted by Gasteiger charge is -2.16. The number of carbonyl (C=O) groups is 2. The minimum Gasteiger partial charge on any atom is -0.496 e. The average molecular weight is 265 g/mol. The summed E-state index contributed by atoms with van der Waals surface area (Å²) in [5, 5.41) is 11.3. The number of hydrogen-bond donors (Lipinski definition) is 2. The van der Waals surface area contributed by atoms with Crippen molar-refractivity contribution in [3.63, 3.8) is 0 Å². The van der Waals surface area contributed by atoms with Gasteiger partial charge < -0.3 is 15.2 Å². The quantitative estimate of drug-likeness (QED) is 0.857. The summed E-state index contributed by atoms with van der Waals surface area (Å²) in [5.74, 6) is -0.468. The van der Waals surface area contributed by atoms with Gasteiger partial charge in [0.2, 0.25) is 5.91 Å². The van der Waals surface area contributed by atoms with Gasteiger partial charge in [-0.3, -0.25) is 9.59 Å². The molecule has 0 aromatic heterocycles. The summed E-state index contributed by atoms with van der Waals surface area (Å²) in [7, 11) is 1.61. The highest BCUT2D eigenvalue weighted by molar-refractivity contribution is 5.93. The van der Waals surface area contributed by atoms with Gasteiger partial charge in [-0.2, -0.15) is 0 Å². The highest BCUT2D eigenvalue weighted by Crippen LogP contribution is 2.31. The van der Waals surface area contributed by atoms with E-state index in [2.05, 4.69) is 5.32 Å². The summed E-state index contributed by atoms with van der Waals surface area (Å²) in [4.78, 5) is 22.1. The van der Waals surface area contributed by atoms with Gasteiger partial charge in [0, 0.05) is 12.1 Å². The van der Waals surface area contributed by atoms with E-state index in [4.69, 9.17) is 9.84 Å². The highest BCUT2D eigenvalue weighted by Gasteiger charge is 2.13. The molecular formula is C14H19NO4. The first-order chi connectivity index (χ1) is 8.86. The standard InChI is InChI=1S/C14H19NO4/c1-8-7-11(9(2)10(3)14(8)19-4)15-12(16)5-6-13(17)18/h7H,5-6H2,1-4H3,(H,15,16)(H,17,18). The first-order valence-electron chi connectivity index (χ1n) is 6.03. The molecule has 0 bridgehead atoms. The number of aryl methyl sites for hydroxylation is 1. The summed E-state index contributed by atoms with van der Waals surface area (Å²) in [5.41, 5.74) is 3.52. The number of methoxy groups -OCH3 is 1. The van der Waals surface area contributed by atoms with E-state index in [1.54, 1.807) is 7.11 Å². The van der Waals surface area contributed by atoms with Crippen molar-refractivity contribution < 1.29 is 19.4 Å². The maximum absolute atomic E-state index is 11.6. The Balaban J connectivity index is 2.90. The molecule has 0 heterocycles. The molecule has 5 heteroatoms. The van der Waals surface area contributed by atoms with Gasteiger partial charge in [-0.1, -0.05) is 0 Å². The maximum atomic E-state index is 11.6. The molecular weight excluding hydrogens is 246 g/mol. The second-order valence-corrected chi connectivity index (χ2v) is 4.47. The average Bonchev–Trinajstić information content (AvgIpc) is 2.34. The molecule has 1 amide bonds. The molecule has 0 aliphatic carbocycles. The molecule has 5 nitrogen and oxygen atoms in total. The van der Waals surface area contributed by atoms with Crippen LogP contribution in [0.1, 0.15) is 29.5 Å². The lowest BCUT2D eigenvalue weighted by atomic mass is 10.0. The van der Waals surface area contributed by atoms with Crippen LogP contribution in [0, 0.1) is 20.8 Å². The van der Waals surface area contributed by atoms with Gasteiger partial charge in [0.1, 0.15) is 5.75 Å². The summed E-state index contributed by atoms with van der Waals surface area (Å²) in [6, 6.07) is 1.83. The van der Waals surface area contributed by atoms with Gasteiger partial charge in [0.15, 0.2) is 0 Å². The minimum absolute atomic E-state index is 0.0289. The van der Waals surface area contributed by atoms with Crippen LogP contribution in [0.2, 0.25) is 0 Å². The van der Waals surface area contributed by atoms with Crippen molar-refractivity contribution >= 4 is 17.6 Å². The van der Waals surface area contributed by atoms with Crippen molar-refractivity contribution in [3.8, 4) is 5.75 Å². The SMILES string of the molecule is COc1c(C)cc(NC(=O)CCC(=O)O)c(C)c1C. The number of amides is 1. The predicted molar refractivity (Wildman–Crippen MR) is 72.7 cm³/mol. The Morgan fingerprint density at radius 1 is 1.21 bits per heavy atom. The van der Waals surface area contributed by atoms with Crippen LogP contribution in [-0.2, 0) is 9.59 Å². The number of anilines is 1. The van der Waals surface area contributed by atoms with Crippen LogP contribution in [0.15, 0.2) is 6.07 Å². The van der Waals surface area contributed by atoms with Crippen molar-refractivity contribution in [2.75, 3.05) is 12.4 Å². The van der Waals surface area contributed by atoms with Gasteiger partial charge in [0.25, 0.3) is 0 Å². The van der Waals surface area contributed by atoms with Crippen LogP contribution in [0.5, 0.6) is 5.75 Å². The Morgan fingerprint density at radius 2 is 1.84 bits per heavy atom. The molecule has 104 valence electrons. The Hall–Kier alpha value is -2.04. The number of carbonyl (C=O) groups excluding carboxylic acids is 1. The lowest BCUT2D eigenvalue weighted by molar-refractivity contribution is -0.138. The normalized spacial score (nSPS) is 10.1. The summed E-state index contributed by atoms with van der Waals surface area (Å²) >= 11 is 0. The number of ether oxygens (including phenoxy) is 1. The molecule has 0 aliphatic heterocycles. The second-order valence-electron chi connectivity index (χ2n) is 4.47. The third-order valence-electron chi connectivity index (χ3n) is 3.07. The molecule has 0 saturated carbocycles. The molecule has 2 N–H and O–H groups in total. The molecule has 0 spiro atoms. The highest BCUT2D eigenvalue weighted by atomic mass is 16.5. The number of carboxylic acids is 1. The van der Waals surface area contributed by atoms with E-state index in [1.165, 1.54) is 0 Å².